The van der Waals surface area contributed by atoms with Gasteiger partial charge in [0.2, 0.25) is 17.0 Å². The Morgan fingerprint density at radius 3 is 2.58 bits per heavy atom. The molecular weight excluding hydrogens is 515 g/mol. The molecule has 1 atom stereocenters. The fraction of sp³-hybridized carbons (Fsp3) is 0.273. The second kappa shape index (κ2) is 9.54. The minimum absolute atomic E-state index is 0.0692. The first-order chi connectivity index (χ1) is 17.8. The van der Waals surface area contributed by atoms with Gasteiger partial charge in [0.15, 0.2) is 0 Å². The number of fused-ring (bicyclic) bond motifs is 5. The van der Waals surface area contributed by atoms with Crippen molar-refractivity contribution in [3.63, 3.8) is 0 Å². The van der Waals surface area contributed by atoms with Crippen molar-refractivity contribution in [3.8, 4) is 11.8 Å². The Bertz CT molecular complexity index is 1580. The van der Waals surface area contributed by atoms with Gasteiger partial charge in [-0.05, 0) is 42.1 Å². The van der Waals surface area contributed by atoms with Crippen LogP contribution in [0.25, 0.3) is 21.0 Å². The second-order valence-corrected chi connectivity index (χ2v) is 12.6. The van der Waals surface area contributed by atoms with E-state index in [2.05, 4.69) is 67.7 Å². The third-order valence-electron chi connectivity index (χ3n) is 7.71. The summed E-state index contributed by atoms with van der Waals surface area (Å²) in [4.78, 5) is 27.2. The molecule has 0 radical (unpaired) electrons. The number of nitrogens with zero attached hydrogens (tertiary/aromatic N) is 3. The Hall–Kier alpha value is -2.62. The van der Waals surface area contributed by atoms with Gasteiger partial charge in [0.1, 0.15) is 28.4 Å². The van der Waals surface area contributed by atoms with E-state index in [1.54, 1.807) is 12.3 Å². The van der Waals surface area contributed by atoms with Crippen LogP contribution in [-0.4, -0.2) is 85.3 Å². The summed E-state index contributed by atoms with van der Waals surface area (Å²) in [6.07, 6.45) is 1.59. The number of thiophene rings is 1. The summed E-state index contributed by atoms with van der Waals surface area (Å²) in [6.45, 7) is 2.77. The maximum atomic E-state index is 13.5. The molecule has 2 N–H and O–H groups in total. The number of halogens is 1. The molecule has 8 nitrogen and oxygen atoms in total. The average Bonchev–Trinajstić information content (AvgIpc) is 3.17. The highest BCUT2D eigenvalue weighted by Gasteiger charge is 2.51. The summed E-state index contributed by atoms with van der Waals surface area (Å²) in [7, 11) is 12.8. The van der Waals surface area contributed by atoms with Gasteiger partial charge in [-0.1, -0.05) is 5.11 Å². The zero-order chi connectivity index (χ0) is 27.5. The molecule has 0 aliphatic carbocycles. The molecule has 1 amide bonds. The fourth-order valence-corrected chi connectivity index (χ4v) is 6.19. The smallest absolute Gasteiger partial charge is 0.263 e. The van der Waals surface area contributed by atoms with Crippen LogP contribution in [0.4, 0.5) is 5.69 Å². The topological polar surface area (TPSA) is 98.3 Å². The molecule has 1 aromatic carbocycles. The molecular formula is C22H26B6ClN5O3S. The molecule has 3 aromatic heterocycles. The quantitative estimate of drug-likeness (QED) is 0.229. The minimum atomic E-state index is -0.510. The van der Waals surface area contributed by atoms with Crippen molar-refractivity contribution in [2.75, 3.05) is 11.9 Å². The van der Waals surface area contributed by atoms with Crippen molar-refractivity contribution < 1.29 is 14.3 Å². The second-order valence-electron chi connectivity index (χ2n) is 11.2. The van der Waals surface area contributed by atoms with E-state index in [1.807, 2.05) is 25.1 Å². The van der Waals surface area contributed by atoms with Gasteiger partial charge in [-0.15, -0.1) is 11.3 Å². The summed E-state index contributed by atoms with van der Waals surface area (Å²) >= 11 is 7.51. The Kier molecular flexibility index (Phi) is 6.77. The molecule has 16 heteroatoms. The molecule has 5 rings (SSSR count). The van der Waals surface area contributed by atoms with Crippen molar-refractivity contribution in [2.24, 2.45) is 0 Å². The number of hydrogen-bond acceptors (Lipinski definition) is 8. The predicted molar refractivity (Wildman–Crippen MR) is 170 cm³/mol. The van der Waals surface area contributed by atoms with E-state index >= 15 is 0 Å². The van der Waals surface area contributed by atoms with Crippen molar-refractivity contribution in [3.05, 3.63) is 46.2 Å². The Labute approximate surface area is 235 Å². The number of carbonyl (C=O) groups is 1. The van der Waals surface area contributed by atoms with Crippen LogP contribution in [0.3, 0.4) is 0 Å². The molecule has 0 bridgehead atoms. The molecule has 4 heterocycles. The molecule has 1 aliphatic heterocycles. The summed E-state index contributed by atoms with van der Waals surface area (Å²) in [5, 5.41) is 8.46. The lowest BCUT2D eigenvalue weighted by Crippen LogP contribution is -2.74. The monoisotopic (exact) mass is 541 g/mol. The minimum Gasteiger partial charge on any atom is -0.420 e. The first kappa shape index (κ1) is 27.0. The van der Waals surface area contributed by atoms with E-state index in [1.165, 1.54) is 11.3 Å². The van der Waals surface area contributed by atoms with Gasteiger partial charge in [0.05, 0.1) is 46.9 Å². The van der Waals surface area contributed by atoms with Gasteiger partial charge in [0.25, 0.3) is 5.91 Å². The zero-order valence-corrected chi connectivity index (χ0v) is 24.2. The molecule has 188 valence electrons. The van der Waals surface area contributed by atoms with E-state index in [0.29, 0.717) is 35.4 Å². The van der Waals surface area contributed by atoms with Crippen LogP contribution in [0.1, 0.15) is 22.2 Å². The molecule has 0 saturated carbocycles. The van der Waals surface area contributed by atoms with Gasteiger partial charge in [0, 0.05) is 39.8 Å². The number of pyridine rings is 1. The number of aromatic nitrogens is 3. The molecule has 1 unspecified atom stereocenters. The molecule has 0 saturated heterocycles. The van der Waals surface area contributed by atoms with Crippen LogP contribution in [0.15, 0.2) is 30.5 Å². The Balaban J connectivity index is 1.59. The lowest BCUT2D eigenvalue weighted by atomic mass is 9.23. The van der Waals surface area contributed by atoms with Crippen molar-refractivity contribution >= 4 is 103 Å². The van der Waals surface area contributed by atoms with Gasteiger partial charge in [-0.3, -0.25) is 4.79 Å². The van der Waals surface area contributed by atoms with E-state index in [0.717, 1.165) is 26.7 Å². The summed E-state index contributed by atoms with van der Waals surface area (Å²) in [5.41, 5.74) is 1.74. The van der Waals surface area contributed by atoms with Crippen molar-refractivity contribution in [1.29, 1.82) is 0 Å². The number of amides is 1. The third kappa shape index (κ3) is 4.48. The van der Waals surface area contributed by atoms with Gasteiger partial charge < -0.3 is 20.1 Å². The van der Waals surface area contributed by atoms with Crippen LogP contribution in [0, 0.1) is 0 Å². The number of benzene rings is 1. The molecule has 4 aromatic rings. The predicted octanol–water partition coefficient (Wildman–Crippen LogP) is -1.40. The van der Waals surface area contributed by atoms with Crippen LogP contribution in [-0.2, 0) is 11.3 Å². The molecule has 38 heavy (non-hydrogen) atoms. The van der Waals surface area contributed by atoms with Crippen LogP contribution < -0.4 is 15.4 Å². The van der Waals surface area contributed by atoms with Crippen LogP contribution >= 0.6 is 22.9 Å². The molecule has 1 aliphatic rings. The van der Waals surface area contributed by atoms with E-state index in [4.69, 9.17) is 26.1 Å². The Morgan fingerprint density at radius 1 is 1.11 bits per heavy atom. The van der Waals surface area contributed by atoms with Gasteiger partial charge in [-0.25, -0.2) is 9.97 Å². The van der Waals surface area contributed by atoms with E-state index < -0.39 is 10.8 Å². The van der Waals surface area contributed by atoms with E-state index in [9.17, 15) is 4.79 Å². The third-order valence-corrected chi connectivity index (χ3v) is 9.05. The zero-order valence-electron chi connectivity index (χ0n) is 22.7. The standard InChI is InChI=1S/C22H26B6ClN5O3S/c1-2-36-8-9-7-30-19(29)32-18(9)37-13-6-3-10-11(31-13)4-5-12-14(10)15-16(38-12)17(35)34-20(23,21(24,25)26)22(27,28)33-15/h3-7,33H,2,8,23-28H2,1H3,(H,34,35). The van der Waals surface area contributed by atoms with Crippen LogP contribution in [0.5, 0.6) is 11.8 Å². The largest absolute Gasteiger partial charge is 0.420 e. The lowest BCUT2D eigenvalue weighted by molar-refractivity contribution is 0.0932. The average molecular weight is 541 g/mol. The normalized spacial score (nSPS) is 18.9. The van der Waals surface area contributed by atoms with Gasteiger partial charge >= 0.3 is 0 Å². The maximum absolute atomic E-state index is 13.5. The van der Waals surface area contributed by atoms with Gasteiger partial charge in [-0.2, -0.15) is 4.98 Å². The molecule has 0 spiro atoms. The lowest BCUT2D eigenvalue weighted by Gasteiger charge is -2.54. The summed E-state index contributed by atoms with van der Waals surface area (Å²) < 4.78 is 12.6. The first-order valence-corrected chi connectivity index (χ1v) is 13.8. The van der Waals surface area contributed by atoms with Crippen molar-refractivity contribution in [2.45, 2.75) is 29.4 Å². The molecule has 0 fully saturated rings. The SMILES string of the molecule is BC(B)(B)C1(B)NC(=O)c2sc3ccc4nc(Oc5nc(Cl)ncc5COCC)ccc4c3c2NC1(B)B. The number of carbonyl (C=O) groups excluding carboxylic acids is 1. The summed E-state index contributed by atoms with van der Waals surface area (Å²) in [6, 6.07) is 7.71. The van der Waals surface area contributed by atoms with E-state index in [-0.39, 0.29) is 16.3 Å². The number of ether oxygens (including phenoxy) is 2. The first-order valence-electron chi connectivity index (χ1n) is 12.6. The number of rotatable bonds is 6. The maximum Gasteiger partial charge on any atom is 0.263 e. The highest BCUT2D eigenvalue weighted by molar-refractivity contribution is 7.21. The highest BCUT2D eigenvalue weighted by Crippen LogP contribution is 2.46. The van der Waals surface area contributed by atoms with Crippen LogP contribution in [0.2, 0.25) is 10.4 Å². The Morgan fingerprint density at radius 2 is 1.87 bits per heavy atom. The highest BCUT2D eigenvalue weighted by atomic mass is 35.5. The number of nitrogens with one attached hydrogen (secondary N) is 2. The number of hydrogen-bond donors (Lipinski definition) is 2. The number of anilines is 1. The van der Waals surface area contributed by atoms with Crippen molar-refractivity contribution in [1.82, 2.24) is 20.3 Å². The fourth-order valence-electron chi connectivity index (χ4n) is 4.99. The summed E-state index contributed by atoms with van der Waals surface area (Å²) in [5.74, 6) is 0.606.